The van der Waals surface area contributed by atoms with Crippen LogP contribution in [0.25, 0.3) is 0 Å². The van der Waals surface area contributed by atoms with Gasteiger partial charge in [-0.25, -0.2) is 0 Å². The lowest BCUT2D eigenvalue weighted by atomic mass is 9.98. The second-order valence-electron chi connectivity index (χ2n) is 5.61. The van der Waals surface area contributed by atoms with Crippen LogP contribution in [0, 0.1) is 0 Å². The van der Waals surface area contributed by atoms with Gasteiger partial charge in [-0.2, -0.15) is 0 Å². The number of benzene rings is 1. The summed E-state index contributed by atoms with van der Waals surface area (Å²) in [6, 6.07) is 11.7. The summed E-state index contributed by atoms with van der Waals surface area (Å²) in [7, 11) is 0. The molecule has 0 spiro atoms. The van der Waals surface area contributed by atoms with Gasteiger partial charge < -0.3 is 5.73 Å². The maximum Gasteiger partial charge on any atom is 0.0450 e. The molecule has 3 atom stereocenters. The van der Waals surface area contributed by atoms with Crippen LogP contribution in [0.4, 0.5) is 0 Å². The quantitative estimate of drug-likeness (QED) is 0.886. The lowest BCUT2D eigenvalue weighted by Crippen LogP contribution is -2.45. The Hall–Kier alpha value is -0.860. The van der Waals surface area contributed by atoms with E-state index >= 15 is 0 Å². The molecule has 2 N–H and O–H groups in total. The van der Waals surface area contributed by atoms with E-state index in [1.807, 2.05) is 0 Å². The number of likely N-dealkylation sites (tertiary alicyclic amines) is 1. The van der Waals surface area contributed by atoms with Crippen LogP contribution >= 0.6 is 0 Å². The topological polar surface area (TPSA) is 29.3 Å². The summed E-state index contributed by atoms with van der Waals surface area (Å²) in [6.07, 6.45) is 5.36. The predicted octanol–water partition coefficient (Wildman–Crippen LogP) is 3.34. The summed E-state index contributed by atoms with van der Waals surface area (Å²) in [4.78, 5) is 2.60. The van der Waals surface area contributed by atoms with E-state index in [1.54, 1.807) is 0 Å². The van der Waals surface area contributed by atoms with Gasteiger partial charge in [0, 0.05) is 18.1 Å². The van der Waals surface area contributed by atoms with Crippen molar-refractivity contribution >= 4 is 0 Å². The van der Waals surface area contributed by atoms with Gasteiger partial charge >= 0.3 is 0 Å². The Morgan fingerprint density at radius 3 is 2.61 bits per heavy atom. The van der Waals surface area contributed by atoms with Gasteiger partial charge in [0.15, 0.2) is 0 Å². The summed E-state index contributed by atoms with van der Waals surface area (Å²) < 4.78 is 0. The molecule has 0 radical (unpaired) electrons. The summed E-state index contributed by atoms with van der Waals surface area (Å²) >= 11 is 0. The Morgan fingerprint density at radius 1 is 1.17 bits per heavy atom. The third-order valence-corrected chi connectivity index (χ3v) is 4.33. The maximum atomic E-state index is 6.44. The molecule has 0 aliphatic carbocycles. The van der Waals surface area contributed by atoms with Gasteiger partial charge in [-0.3, -0.25) is 4.90 Å². The van der Waals surface area contributed by atoms with Crippen molar-refractivity contribution in [3.63, 3.8) is 0 Å². The van der Waals surface area contributed by atoms with Gasteiger partial charge in [-0.1, -0.05) is 43.2 Å². The fourth-order valence-electron chi connectivity index (χ4n) is 3.06. The van der Waals surface area contributed by atoms with E-state index in [0.717, 1.165) is 0 Å². The molecule has 100 valence electrons. The summed E-state index contributed by atoms with van der Waals surface area (Å²) in [6.45, 7) is 5.82. The zero-order chi connectivity index (χ0) is 13.0. The van der Waals surface area contributed by atoms with Crippen LogP contribution in [-0.4, -0.2) is 23.5 Å². The zero-order valence-corrected chi connectivity index (χ0v) is 11.7. The van der Waals surface area contributed by atoms with E-state index in [1.165, 1.54) is 37.8 Å². The molecule has 18 heavy (non-hydrogen) atoms. The highest BCUT2D eigenvalue weighted by Gasteiger charge is 2.26. The number of hydrogen-bond acceptors (Lipinski definition) is 2. The molecular weight excluding hydrogens is 220 g/mol. The minimum atomic E-state index is 0.117. The van der Waals surface area contributed by atoms with Gasteiger partial charge in [0.2, 0.25) is 0 Å². The Kier molecular flexibility index (Phi) is 4.79. The van der Waals surface area contributed by atoms with Crippen molar-refractivity contribution in [1.82, 2.24) is 4.90 Å². The number of nitrogens with two attached hydrogens (primary N) is 1. The molecule has 0 aromatic heterocycles. The van der Waals surface area contributed by atoms with E-state index in [9.17, 15) is 0 Å². The second-order valence-corrected chi connectivity index (χ2v) is 5.61. The van der Waals surface area contributed by atoms with Gasteiger partial charge in [-0.05, 0) is 38.8 Å². The van der Waals surface area contributed by atoms with Crippen LogP contribution in [0.1, 0.15) is 51.1 Å². The SMILES string of the molecule is CC1CCCCCN1C(C)C(N)c1ccccc1. The number of hydrogen-bond donors (Lipinski definition) is 1. The van der Waals surface area contributed by atoms with Crippen molar-refractivity contribution in [3.05, 3.63) is 35.9 Å². The number of rotatable bonds is 3. The fraction of sp³-hybridized carbons (Fsp3) is 0.625. The van der Waals surface area contributed by atoms with Crippen molar-refractivity contribution in [2.24, 2.45) is 5.73 Å². The van der Waals surface area contributed by atoms with Crippen LogP contribution in [0.5, 0.6) is 0 Å². The first-order valence-electron chi connectivity index (χ1n) is 7.26. The van der Waals surface area contributed by atoms with E-state index in [-0.39, 0.29) is 6.04 Å². The third kappa shape index (κ3) is 3.12. The van der Waals surface area contributed by atoms with Gasteiger partial charge in [0.1, 0.15) is 0 Å². The van der Waals surface area contributed by atoms with Crippen molar-refractivity contribution in [3.8, 4) is 0 Å². The molecular formula is C16H26N2. The Morgan fingerprint density at radius 2 is 1.89 bits per heavy atom. The maximum absolute atomic E-state index is 6.44. The van der Waals surface area contributed by atoms with E-state index in [4.69, 9.17) is 5.73 Å². The standard InChI is InChI=1S/C16H26N2/c1-13-9-5-4-8-12-18(13)14(2)16(17)15-10-6-3-7-11-15/h3,6-7,10-11,13-14,16H,4-5,8-9,12,17H2,1-2H3. The van der Waals surface area contributed by atoms with Crippen LogP contribution in [-0.2, 0) is 0 Å². The van der Waals surface area contributed by atoms with Gasteiger partial charge in [-0.15, -0.1) is 0 Å². The average molecular weight is 246 g/mol. The highest BCUT2D eigenvalue weighted by Crippen LogP contribution is 2.24. The van der Waals surface area contributed by atoms with Crippen LogP contribution in [0.15, 0.2) is 30.3 Å². The van der Waals surface area contributed by atoms with Gasteiger partial charge in [0.25, 0.3) is 0 Å². The zero-order valence-electron chi connectivity index (χ0n) is 11.7. The minimum Gasteiger partial charge on any atom is -0.323 e. The van der Waals surface area contributed by atoms with Crippen molar-refractivity contribution < 1.29 is 0 Å². The van der Waals surface area contributed by atoms with E-state index in [2.05, 4.69) is 49.1 Å². The van der Waals surface area contributed by atoms with Crippen molar-refractivity contribution in [2.75, 3.05) is 6.54 Å². The number of nitrogens with zero attached hydrogens (tertiary/aromatic N) is 1. The monoisotopic (exact) mass is 246 g/mol. The van der Waals surface area contributed by atoms with Gasteiger partial charge in [0.05, 0.1) is 0 Å². The molecule has 2 rings (SSSR count). The Bertz CT molecular complexity index is 349. The largest absolute Gasteiger partial charge is 0.323 e. The van der Waals surface area contributed by atoms with Crippen molar-refractivity contribution in [2.45, 2.75) is 57.7 Å². The molecule has 1 aliphatic rings. The summed E-state index contributed by atoms with van der Waals surface area (Å²) in [5, 5.41) is 0. The first-order valence-corrected chi connectivity index (χ1v) is 7.26. The highest BCUT2D eigenvalue weighted by atomic mass is 15.2. The third-order valence-electron chi connectivity index (χ3n) is 4.33. The summed E-state index contributed by atoms with van der Waals surface area (Å²) in [5.74, 6) is 0. The molecule has 1 aromatic rings. The lowest BCUT2D eigenvalue weighted by Gasteiger charge is -2.36. The van der Waals surface area contributed by atoms with Crippen molar-refractivity contribution in [1.29, 1.82) is 0 Å². The molecule has 0 amide bonds. The molecule has 1 aliphatic heterocycles. The van der Waals surface area contributed by atoms with Crippen LogP contribution in [0.2, 0.25) is 0 Å². The molecule has 3 unspecified atom stereocenters. The normalized spacial score (nSPS) is 25.4. The molecule has 2 nitrogen and oxygen atoms in total. The molecule has 0 bridgehead atoms. The van der Waals surface area contributed by atoms with E-state index < -0.39 is 0 Å². The molecule has 0 saturated carbocycles. The smallest absolute Gasteiger partial charge is 0.0450 e. The Labute approximate surface area is 111 Å². The average Bonchev–Trinajstić information content (AvgIpc) is 2.63. The molecule has 2 heteroatoms. The highest BCUT2D eigenvalue weighted by molar-refractivity contribution is 5.20. The second kappa shape index (κ2) is 6.35. The van der Waals surface area contributed by atoms with Crippen LogP contribution < -0.4 is 5.73 Å². The fourth-order valence-corrected chi connectivity index (χ4v) is 3.06. The van der Waals surface area contributed by atoms with E-state index in [0.29, 0.717) is 12.1 Å². The summed E-state index contributed by atoms with van der Waals surface area (Å²) in [5.41, 5.74) is 7.69. The molecule has 1 heterocycles. The Balaban J connectivity index is 2.07. The molecule has 1 fully saturated rings. The lowest BCUT2D eigenvalue weighted by molar-refractivity contribution is 0.137. The first-order chi connectivity index (χ1) is 8.70. The predicted molar refractivity (Wildman–Crippen MR) is 77.5 cm³/mol. The molecule has 1 aromatic carbocycles. The first kappa shape index (κ1) is 13.6. The van der Waals surface area contributed by atoms with Crippen LogP contribution in [0.3, 0.4) is 0 Å². The molecule has 1 saturated heterocycles. The minimum absolute atomic E-state index is 0.117.